The van der Waals surface area contributed by atoms with Crippen molar-refractivity contribution in [2.45, 2.75) is 77.4 Å². The second-order valence-corrected chi connectivity index (χ2v) is 11.7. The van der Waals surface area contributed by atoms with Gasteiger partial charge in [-0.25, -0.2) is 0 Å². The quantitative estimate of drug-likeness (QED) is 0.713. The van der Waals surface area contributed by atoms with Crippen molar-refractivity contribution in [2.75, 3.05) is 26.2 Å². The van der Waals surface area contributed by atoms with Gasteiger partial charge in [0, 0.05) is 37.4 Å². The Hall–Kier alpha value is -2.67. The summed E-state index contributed by atoms with van der Waals surface area (Å²) >= 11 is 0. The van der Waals surface area contributed by atoms with Gasteiger partial charge in [-0.05, 0) is 86.3 Å². The van der Waals surface area contributed by atoms with Gasteiger partial charge in [-0.15, -0.1) is 0 Å². The molecule has 7 heteroatoms. The molecule has 0 radical (unpaired) electrons. The number of hydrogen-bond donors (Lipinski definition) is 1. The fourth-order valence-electron chi connectivity index (χ4n) is 6.83. The number of likely N-dealkylation sites (tertiary alicyclic amines) is 2. The largest absolute Gasteiger partial charge is 0.393 e. The van der Waals surface area contributed by atoms with Crippen LogP contribution in [0.4, 0.5) is 0 Å². The van der Waals surface area contributed by atoms with E-state index in [1.54, 1.807) is 0 Å². The van der Waals surface area contributed by atoms with E-state index in [-0.39, 0.29) is 30.4 Å². The predicted molar refractivity (Wildman–Crippen MR) is 137 cm³/mol. The first-order chi connectivity index (χ1) is 17.3. The molecule has 1 N–H and O–H groups in total. The predicted octanol–water partition coefficient (Wildman–Crippen LogP) is 3.41. The van der Waals surface area contributed by atoms with Crippen molar-refractivity contribution in [1.29, 1.82) is 0 Å². The van der Waals surface area contributed by atoms with Crippen LogP contribution in [0, 0.1) is 25.7 Å². The van der Waals surface area contributed by atoms with Crippen molar-refractivity contribution in [3.05, 3.63) is 51.8 Å². The summed E-state index contributed by atoms with van der Waals surface area (Å²) in [6.45, 7) is 9.24. The molecule has 2 saturated heterocycles. The topological polar surface area (TPSA) is 78.7 Å². The summed E-state index contributed by atoms with van der Waals surface area (Å²) in [4.78, 5) is 30.6. The summed E-state index contributed by atoms with van der Waals surface area (Å²) in [7, 11) is 0. The molecule has 36 heavy (non-hydrogen) atoms. The van der Waals surface area contributed by atoms with E-state index in [4.69, 9.17) is 5.10 Å². The Morgan fingerprint density at radius 2 is 1.83 bits per heavy atom. The molecule has 192 valence electrons. The second kappa shape index (κ2) is 9.02. The Morgan fingerprint density at radius 3 is 2.58 bits per heavy atom. The van der Waals surface area contributed by atoms with E-state index in [2.05, 4.69) is 32.0 Å². The number of aliphatic hydroxyl groups is 1. The van der Waals surface area contributed by atoms with E-state index in [9.17, 15) is 14.7 Å². The molecule has 2 aliphatic heterocycles. The number of aryl methyl sites for hydroxylation is 1. The number of amides is 2. The van der Waals surface area contributed by atoms with Crippen LogP contribution in [-0.4, -0.2) is 68.8 Å². The second-order valence-electron chi connectivity index (χ2n) is 11.7. The standard InChI is InChI=1S/C29H38N4O3/c1-17-5-4-6-22(19(17)3)20-7-10-31(11-8-20)26(35)16-33-24-14-21-13-23(21)27(24)28(30-33)29(36)32-12-9-25(34)18(2)15-32/h4-6,18,20-21,23,25,34H,7-16H2,1-3H3/t18-,21+,23+,25+/m0/s1. The monoisotopic (exact) mass is 490 g/mol. The molecule has 0 unspecified atom stereocenters. The average molecular weight is 491 g/mol. The Kier molecular flexibility index (Phi) is 5.94. The van der Waals surface area contributed by atoms with Crippen LogP contribution in [0.3, 0.4) is 0 Å². The van der Waals surface area contributed by atoms with Gasteiger partial charge in [-0.3, -0.25) is 14.3 Å². The van der Waals surface area contributed by atoms with E-state index < -0.39 is 0 Å². The third-order valence-electron chi connectivity index (χ3n) is 9.42. The lowest BCUT2D eigenvalue weighted by Gasteiger charge is -2.34. The fraction of sp³-hybridized carbons (Fsp3) is 0.621. The molecule has 3 fully saturated rings. The molecule has 6 rings (SSSR count). The van der Waals surface area contributed by atoms with E-state index >= 15 is 0 Å². The number of carbonyl (C=O) groups excluding carboxylic acids is 2. The first-order valence-corrected chi connectivity index (χ1v) is 13.7. The number of fused-ring (bicyclic) bond motifs is 3. The number of aromatic nitrogens is 2. The van der Waals surface area contributed by atoms with Crippen molar-refractivity contribution < 1.29 is 14.7 Å². The molecule has 1 saturated carbocycles. The summed E-state index contributed by atoms with van der Waals surface area (Å²) < 4.78 is 1.84. The van der Waals surface area contributed by atoms with Gasteiger partial charge in [0.1, 0.15) is 6.54 Å². The highest BCUT2D eigenvalue weighted by Gasteiger charge is 2.50. The van der Waals surface area contributed by atoms with Gasteiger partial charge in [0.05, 0.1) is 6.10 Å². The minimum atomic E-state index is -0.346. The average Bonchev–Trinajstić information content (AvgIpc) is 3.40. The van der Waals surface area contributed by atoms with E-state index in [1.807, 2.05) is 21.4 Å². The lowest BCUT2D eigenvalue weighted by Crippen LogP contribution is -2.45. The van der Waals surface area contributed by atoms with E-state index in [0.29, 0.717) is 43.0 Å². The molecule has 4 aliphatic rings. The highest BCUT2D eigenvalue weighted by Crippen LogP contribution is 2.57. The van der Waals surface area contributed by atoms with Gasteiger partial charge >= 0.3 is 0 Å². The molecule has 0 spiro atoms. The van der Waals surface area contributed by atoms with E-state index in [1.165, 1.54) is 16.7 Å². The van der Waals surface area contributed by atoms with Crippen LogP contribution >= 0.6 is 0 Å². The number of benzene rings is 1. The summed E-state index contributed by atoms with van der Waals surface area (Å²) in [5, 5.41) is 14.8. The van der Waals surface area contributed by atoms with Gasteiger partial charge in [-0.1, -0.05) is 25.1 Å². The van der Waals surface area contributed by atoms with Crippen molar-refractivity contribution in [1.82, 2.24) is 19.6 Å². The normalized spacial score (nSPS) is 27.7. The van der Waals surface area contributed by atoms with Crippen molar-refractivity contribution in [2.24, 2.45) is 11.8 Å². The van der Waals surface area contributed by atoms with Gasteiger partial charge in [0.2, 0.25) is 5.91 Å². The van der Waals surface area contributed by atoms with Crippen LogP contribution < -0.4 is 0 Å². The molecule has 2 aliphatic carbocycles. The Bertz CT molecular complexity index is 1200. The Labute approximate surface area is 213 Å². The van der Waals surface area contributed by atoms with E-state index in [0.717, 1.165) is 50.0 Å². The molecule has 7 nitrogen and oxygen atoms in total. The minimum Gasteiger partial charge on any atom is -0.393 e. The SMILES string of the molecule is Cc1cccc(C2CCN(C(=O)Cn3nc(C(=O)N4CC[C@@H](O)[C@@H](C)C4)c4c3C[C@H]3C[C@@H]43)CC2)c1C. The zero-order chi connectivity index (χ0) is 25.1. The number of hydrogen-bond acceptors (Lipinski definition) is 4. The molecule has 1 aromatic heterocycles. The van der Waals surface area contributed by atoms with Crippen LogP contribution in [0.5, 0.6) is 0 Å². The van der Waals surface area contributed by atoms with Gasteiger partial charge in [-0.2, -0.15) is 5.10 Å². The van der Waals surface area contributed by atoms with Gasteiger partial charge in [0.25, 0.3) is 5.91 Å². The zero-order valence-corrected chi connectivity index (χ0v) is 21.7. The fourth-order valence-corrected chi connectivity index (χ4v) is 6.83. The maximum atomic E-state index is 13.5. The molecule has 4 atom stereocenters. The highest BCUT2D eigenvalue weighted by molar-refractivity contribution is 5.95. The van der Waals surface area contributed by atoms with Crippen molar-refractivity contribution in [3.8, 4) is 0 Å². The number of nitrogens with zero attached hydrogens (tertiary/aromatic N) is 4. The lowest BCUT2D eigenvalue weighted by atomic mass is 9.85. The van der Waals surface area contributed by atoms with Crippen molar-refractivity contribution in [3.63, 3.8) is 0 Å². The molecular formula is C29H38N4O3. The summed E-state index contributed by atoms with van der Waals surface area (Å²) in [6, 6.07) is 6.55. The van der Waals surface area contributed by atoms with Crippen LogP contribution in [-0.2, 0) is 17.8 Å². The lowest BCUT2D eigenvalue weighted by molar-refractivity contribution is -0.133. The van der Waals surface area contributed by atoms with Gasteiger partial charge < -0.3 is 14.9 Å². The van der Waals surface area contributed by atoms with Crippen LogP contribution in [0.2, 0.25) is 0 Å². The smallest absolute Gasteiger partial charge is 0.274 e. The Morgan fingerprint density at radius 1 is 1.08 bits per heavy atom. The summed E-state index contributed by atoms with van der Waals surface area (Å²) in [5.74, 6) is 1.70. The summed E-state index contributed by atoms with van der Waals surface area (Å²) in [6.07, 6.45) is 4.30. The summed E-state index contributed by atoms with van der Waals surface area (Å²) in [5.41, 5.74) is 6.89. The number of rotatable bonds is 4. The molecule has 0 bridgehead atoms. The molecule has 2 amide bonds. The number of carbonyl (C=O) groups is 2. The first-order valence-electron chi connectivity index (χ1n) is 13.7. The zero-order valence-electron chi connectivity index (χ0n) is 21.7. The molecule has 2 aromatic rings. The minimum absolute atomic E-state index is 0.0295. The highest BCUT2D eigenvalue weighted by atomic mass is 16.3. The number of piperidine rings is 2. The van der Waals surface area contributed by atoms with Crippen LogP contribution in [0.25, 0.3) is 0 Å². The first kappa shape index (κ1) is 23.7. The third kappa shape index (κ3) is 4.05. The van der Waals surface area contributed by atoms with Crippen LogP contribution in [0.1, 0.15) is 82.9 Å². The maximum absolute atomic E-state index is 13.5. The Balaban J connectivity index is 1.15. The van der Waals surface area contributed by atoms with Crippen molar-refractivity contribution >= 4 is 11.8 Å². The third-order valence-corrected chi connectivity index (χ3v) is 9.42. The maximum Gasteiger partial charge on any atom is 0.274 e. The molecular weight excluding hydrogens is 452 g/mol. The van der Waals surface area contributed by atoms with Gasteiger partial charge in [0.15, 0.2) is 5.69 Å². The molecule has 1 aromatic carbocycles. The number of aliphatic hydroxyl groups excluding tert-OH is 1. The molecule has 3 heterocycles. The van der Waals surface area contributed by atoms with Crippen LogP contribution in [0.15, 0.2) is 18.2 Å².